The number of benzene rings is 2. The molecule has 0 atom stereocenters. The summed E-state index contributed by atoms with van der Waals surface area (Å²) in [5, 5.41) is 16.2. The second-order valence-corrected chi connectivity index (χ2v) is 6.43. The molecule has 9 heteroatoms. The second-order valence-electron chi connectivity index (χ2n) is 5.61. The Morgan fingerprint density at radius 2 is 1.86 bits per heavy atom. The Labute approximate surface area is 170 Å². The number of hydrazone groups is 1. The van der Waals surface area contributed by atoms with Gasteiger partial charge in [0.2, 0.25) is 0 Å². The van der Waals surface area contributed by atoms with Crippen molar-refractivity contribution in [2.45, 2.75) is 13.2 Å². The van der Waals surface area contributed by atoms with E-state index in [0.717, 1.165) is 5.56 Å². The molecular weight excluding hydrogens is 405 g/mol. The fourth-order valence-corrected chi connectivity index (χ4v) is 2.89. The van der Waals surface area contributed by atoms with E-state index in [1.54, 1.807) is 42.5 Å². The van der Waals surface area contributed by atoms with E-state index in [9.17, 15) is 10.1 Å². The Morgan fingerprint density at radius 3 is 2.61 bits per heavy atom. The zero-order chi connectivity index (χ0) is 19.9. The third-order valence-corrected chi connectivity index (χ3v) is 4.42. The molecule has 0 aliphatic heterocycles. The fourth-order valence-electron chi connectivity index (χ4n) is 2.36. The van der Waals surface area contributed by atoms with Crippen molar-refractivity contribution in [2.75, 3.05) is 0 Å². The summed E-state index contributed by atoms with van der Waals surface area (Å²) in [6.07, 6.45) is 1.50. The van der Waals surface area contributed by atoms with Gasteiger partial charge in [-0.15, -0.1) is 0 Å². The van der Waals surface area contributed by atoms with Gasteiger partial charge in [-0.2, -0.15) is 5.10 Å². The van der Waals surface area contributed by atoms with Crippen LogP contribution in [0.1, 0.15) is 17.1 Å². The second kappa shape index (κ2) is 9.25. The van der Waals surface area contributed by atoms with Gasteiger partial charge in [-0.3, -0.25) is 10.1 Å². The quantitative estimate of drug-likeness (QED) is 0.308. The zero-order valence-electron chi connectivity index (χ0n) is 14.5. The lowest BCUT2D eigenvalue weighted by atomic mass is 10.2. The molecule has 144 valence electrons. The normalized spacial score (nSPS) is 10.9. The molecule has 1 heterocycles. The van der Waals surface area contributed by atoms with E-state index in [2.05, 4.69) is 10.5 Å². The van der Waals surface area contributed by atoms with Gasteiger partial charge in [-0.1, -0.05) is 41.4 Å². The van der Waals surface area contributed by atoms with E-state index < -0.39 is 4.92 Å². The average Bonchev–Trinajstić information content (AvgIpc) is 3.13. The van der Waals surface area contributed by atoms with Gasteiger partial charge >= 0.3 is 5.69 Å². The Kier molecular flexibility index (Phi) is 6.52. The molecule has 1 aromatic heterocycles. The van der Waals surface area contributed by atoms with Crippen LogP contribution >= 0.6 is 23.2 Å². The molecule has 2 aromatic carbocycles. The molecule has 0 radical (unpaired) electrons. The number of nitro groups is 1. The molecule has 7 nitrogen and oxygen atoms in total. The SMILES string of the molecule is O=[N+]([O-])c1ccccc1OCc1ccc(/C=N\NCc2c(Cl)cccc2Cl)o1. The van der Waals surface area contributed by atoms with E-state index in [-0.39, 0.29) is 18.0 Å². The number of hydrogen-bond acceptors (Lipinski definition) is 6. The van der Waals surface area contributed by atoms with Crippen molar-refractivity contribution in [3.63, 3.8) is 0 Å². The molecule has 0 unspecified atom stereocenters. The highest BCUT2D eigenvalue weighted by molar-refractivity contribution is 6.35. The van der Waals surface area contributed by atoms with E-state index >= 15 is 0 Å². The van der Waals surface area contributed by atoms with Crippen molar-refractivity contribution < 1.29 is 14.1 Å². The van der Waals surface area contributed by atoms with Crippen molar-refractivity contribution >= 4 is 35.1 Å². The summed E-state index contributed by atoms with van der Waals surface area (Å²) in [6.45, 7) is 0.421. The van der Waals surface area contributed by atoms with Gasteiger partial charge in [0, 0.05) is 21.7 Å². The number of furan rings is 1. The lowest BCUT2D eigenvalue weighted by molar-refractivity contribution is -0.386. The van der Waals surface area contributed by atoms with Crippen molar-refractivity contribution in [1.82, 2.24) is 5.43 Å². The van der Waals surface area contributed by atoms with Gasteiger partial charge in [0.25, 0.3) is 0 Å². The Balaban J connectivity index is 1.54. The van der Waals surface area contributed by atoms with Crippen molar-refractivity contribution in [2.24, 2.45) is 5.10 Å². The van der Waals surface area contributed by atoms with Crippen LogP contribution in [0, 0.1) is 10.1 Å². The molecule has 3 rings (SSSR count). The number of nitro benzene ring substituents is 1. The van der Waals surface area contributed by atoms with E-state index in [1.807, 2.05) is 0 Å². The minimum absolute atomic E-state index is 0.0569. The first-order valence-electron chi connectivity index (χ1n) is 8.18. The molecule has 0 saturated heterocycles. The van der Waals surface area contributed by atoms with Crippen LogP contribution in [0.25, 0.3) is 0 Å². The van der Waals surface area contributed by atoms with Gasteiger partial charge in [-0.25, -0.2) is 0 Å². The molecular formula is C19H15Cl2N3O4. The Morgan fingerprint density at radius 1 is 1.11 bits per heavy atom. The molecule has 0 aliphatic rings. The van der Waals surface area contributed by atoms with Crippen molar-refractivity contribution in [3.8, 4) is 5.75 Å². The maximum absolute atomic E-state index is 11.0. The molecule has 0 aliphatic carbocycles. The van der Waals surface area contributed by atoms with E-state index in [4.69, 9.17) is 32.4 Å². The van der Waals surface area contributed by atoms with Crippen LogP contribution in [0.15, 0.2) is 64.1 Å². The van der Waals surface area contributed by atoms with Gasteiger partial charge in [0.15, 0.2) is 5.75 Å². The number of ether oxygens (including phenoxy) is 1. The average molecular weight is 420 g/mol. The molecule has 1 N–H and O–H groups in total. The molecule has 3 aromatic rings. The predicted molar refractivity (Wildman–Crippen MR) is 107 cm³/mol. The lowest BCUT2D eigenvalue weighted by Gasteiger charge is -2.05. The largest absolute Gasteiger partial charge is 0.479 e. The number of halogens is 2. The van der Waals surface area contributed by atoms with E-state index in [0.29, 0.717) is 28.1 Å². The summed E-state index contributed by atoms with van der Waals surface area (Å²) in [7, 11) is 0. The highest BCUT2D eigenvalue weighted by atomic mass is 35.5. The Hall–Kier alpha value is -3.03. The number of hydrogen-bond donors (Lipinski definition) is 1. The van der Waals surface area contributed by atoms with Gasteiger partial charge in [0.05, 0.1) is 17.7 Å². The highest BCUT2D eigenvalue weighted by Crippen LogP contribution is 2.27. The number of para-hydroxylation sites is 2. The monoisotopic (exact) mass is 419 g/mol. The maximum Gasteiger partial charge on any atom is 0.310 e. The van der Waals surface area contributed by atoms with Gasteiger partial charge in [0.1, 0.15) is 18.1 Å². The van der Waals surface area contributed by atoms with Crippen LogP contribution < -0.4 is 10.2 Å². The Bertz CT molecular complexity index is 984. The van der Waals surface area contributed by atoms with Crippen LogP contribution in [-0.4, -0.2) is 11.1 Å². The molecule has 0 fully saturated rings. The van der Waals surface area contributed by atoms with E-state index in [1.165, 1.54) is 18.3 Å². The molecule has 0 amide bonds. The van der Waals surface area contributed by atoms with Gasteiger partial charge in [-0.05, 0) is 30.3 Å². The smallest absolute Gasteiger partial charge is 0.310 e. The molecule has 0 bridgehead atoms. The van der Waals surface area contributed by atoms with Crippen LogP contribution in [0.2, 0.25) is 10.0 Å². The first-order chi connectivity index (χ1) is 13.5. The van der Waals surface area contributed by atoms with Crippen LogP contribution in [0.3, 0.4) is 0 Å². The topological polar surface area (TPSA) is 89.9 Å². The third-order valence-electron chi connectivity index (χ3n) is 3.71. The molecule has 28 heavy (non-hydrogen) atoms. The van der Waals surface area contributed by atoms with Crippen LogP contribution in [-0.2, 0) is 13.2 Å². The summed E-state index contributed by atoms with van der Waals surface area (Å²) in [6, 6.07) is 14.9. The standard InChI is InChI=1S/C19H15Cl2N3O4/c20-16-4-3-5-17(21)15(16)11-23-22-10-13-8-9-14(28-13)12-27-19-7-2-1-6-18(19)24(25)26/h1-10,23H,11-12H2/b22-10-. The van der Waals surface area contributed by atoms with Crippen molar-refractivity contribution in [3.05, 3.63) is 91.8 Å². The fraction of sp³-hybridized carbons (Fsp3) is 0.105. The van der Waals surface area contributed by atoms with Gasteiger partial charge < -0.3 is 14.6 Å². The summed E-state index contributed by atoms with van der Waals surface area (Å²) in [4.78, 5) is 10.5. The van der Waals surface area contributed by atoms with Crippen LogP contribution in [0.5, 0.6) is 5.75 Å². The first kappa shape index (κ1) is 19.7. The third kappa shape index (κ3) is 5.03. The number of rotatable bonds is 8. The molecule has 0 saturated carbocycles. The number of nitrogens with zero attached hydrogens (tertiary/aromatic N) is 2. The molecule has 0 spiro atoms. The lowest BCUT2D eigenvalue weighted by Crippen LogP contribution is -2.06. The zero-order valence-corrected chi connectivity index (χ0v) is 16.0. The summed E-state index contributed by atoms with van der Waals surface area (Å²) in [5.41, 5.74) is 3.51. The first-order valence-corrected chi connectivity index (χ1v) is 8.94. The van der Waals surface area contributed by atoms with Crippen molar-refractivity contribution in [1.29, 1.82) is 0 Å². The predicted octanol–water partition coefficient (Wildman–Crippen LogP) is 5.20. The highest BCUT2D eigenvalue weighted by Gasteiger charge is 2.14. The summed E-state index contributed by atoms with van der Waals surface area (Å²) < 4.78 is 11.1. The minimum Gasteiger partial charge on any atom is -0.479 e. The summed E-state index contributed by atoms with van der Waals surface area (Å²) in [5.74, 6) is 1.19. The maximum atomic E-state index is 11.0. The number of nitrogens with one attached hydrogen (secondary N) is 1. The van der Waals surface area contributed by atoms with Crippen LogP contribution in [0.4, 0.5) is 5.69 Å². The summed E-state index contributed by atoms with van der Waals surface area (Å²) >= 11 is 12.2. The minimum atomic E-state index is -0.494.